The topological polar surface area (TPSA) is 104 Å². The van der Waals surface area contributed by atoms with E-state index in [-0.39, 0.29) is 18.6 Å². The molecule has 2 heterocycles. The van der Waals surface area contributed by atoms with Crippen LogP contribution in [0.4, 0.5) is 4.39 Å². The van der Waals surface area contributed by atoms with Crippen LogP contribution in [-0.2, 0) is 4.79 Å². The minimum absolute atomic E-state index is 0.0335. The summed E-state index contributed by atoms with van der Waals surface area (Å²) in [7, 11) is 1.43. The molecule has 0 bridgehead atoms. The minimum atomic E-state index is -1.89. The molecule has 25 heavy (non-hydrogen) atoms. The number of pyridine rings is 1. The van der Waals surface area contributed by atoms with Crippen LogP contribution in [0.5, 0.6) is 11.6 Å². The Hall–Kier alpha value is -2.90. The molecule has 3 rings (SSSR count). The van der Waals surface area contributed by atoms with Gasteiger partial charge in [0, 0.05) is 18.0 Å². The number of alkyl halides is 1. The molecule has 2 atom stereocenters. The van der Waals surface area contributed by atoms with Crippen LogP contribution in [0.2, 0.25) is 0 Å². The van der Waals surface area contributed by atoms with Gasteiger partial charge in [-0.25, -0.2) is 9.37 Å². The minimum Gasteiger partial charge on any atom is -0.496 e. The standard InChI is InChI=1S/C17H18FN3O4/c1-17(18)7-10(21-16(17)23)8-25-15-11-6-13(24-2)12(14(19)22)5-9(11)3-4-20-15/h3-6,10H,7-8H2,1-2H3,(H2,19,22)(H,21,23). The molecule has 2 unspecified atom stereocenters. The Balaban J connectivity index is 1.87. The van der Waals surface area contributed by atoms with Gasteiger partial charge in [0.05, 0.1) is 18.7 Å². The molecule has 2 aromatic rings. The van der Waals surface area contributed by atoms with Gasteiger partial charge in [0.15, 0.2) is 5.67 Å². The fourth-order valence-electron chi connectivity index (χ4n) is 2.87. The molecular weight excluding hydrogens is 329 g/mol. The van der Waals surface area contributed by atoms with Crippen molar-refractivity contribution in [1.29, 1.82) is 0 Å². The van der Waals surface area contributed by atoms with Crippen molar-refractivity contribution in [3.8, 4) is 11.6 Å². The Morgan fingerprint density at radius 3 is 2.88 bits per heavy atom. The van der Waals surface area contributed by atoms with Gasteiger partial charge in [0.25, 0.3) is 11.8 Å². The number of hydrogen-bond acceptors (Lipinski definition) is 5. The number of nitrogens with zero attached hydrogens (tertiary/aromatic N) is 1. The Morgan fingerprint density at radius 2 is 2.28 bits per heavy atom. The molecule has 1 aliphatic heterocycles. The predicted molar refractivity (Wildman–Crippen MR) is 88.4 cm³/mol. The predicted octanol–water partition coefficient (Wildman–Crippen LogP) is 1.34. The molecule has 0 aliphatic carbocycles. The number of methoxy groups -OCH3 is 1. The highest BCUT2D eigenvalue weighted by Crippen LogP contribution is 2.31. The lowest BCUT2D eigenvalue weighted by atomic mass is 10.0. The number of carbonyl (C=O) groups is 2. The fourth-order valence-corrected chi connectivity index (χ4v) is 2.87. The van der Waals surface area contributed by atoms with E-state index in [9.17, 15) is 14.0 Å². The first-order valence-electron chi connectivity index (χ1n) is 7.71. The second-order valence-electron chi connectivity index (χ2n) is 6.14. The van der Waals surface area contributed by atoms with E-state index in [0.29, 0.717) is 22.4 Å². The number of aromatic nitrogens is 1. The Kier molecular flexibility index (Phi) is 4.20. The number of benzene rings is 1. The second-order valence-corrected chi connectivity index (χ2v) is 6.14. The van der Waals surface area contributed by atoms with Crippen LogP contribution >= 0.6 is 0 Å². The van der Waals surface area contributed by atoms with Gasteiger partial charge in [-0.3, -0.25) is 9.59 Å². The van der Waals surface area contributed by atoms with Crippen LogP contribution in [0.15, 0.2) is 24.4 Å². The third-order valence-electron chi connectivity index (χ3n) is 4.17. The summed E-state index contributed by atoms with van der Waals surface area (Å²) < 4.78 is 24.8. The smallest absolute Gasteiger partial charge is 0.257 e. The number of amides is 2. The van der Waals surface area contributed by atoms with Crippen molar-refractivity contribution >= 4 is 22.6 Å². The highest BCUT2D eigenvalue weighted by Gasteiger charge is 2.43. The number of hydrogen-bond donors (Lipinski definition) is 2. The second kappa shape index (κ2) is 6.19. The molecule has 0 radical (unpaired) electrons. The van der Waals surface area contributed by atoms with E-state index < -0.39 is 23.5 Å². The summed E-state index contributed by atoms with van der Waals surface area (Å²) in [5, 5.41) is 3.88. The summed E-state index contributed by atoms with van der Waals surface area (Å²) in [6.45, 7) is 1.33. The Morgan fingerprint density at radius 1 is 1.52 bits per heavy atom. The largest absolute Gasteiger partial charge is 0.496 e. The summed E-state index contributed by atoms with van der Waals surface area (Å²) in [4.78, 5) is 27.2. The summed E-state index contributed by atoms with van der Waals surface area (Å²) in [6.07, 6.45) is 1.56. The zero-order valence-electron chi connectivity index (χ0n) is 13.8. The van der Waals surface area contributed by atoms with Crippen molar-refractivity contribution in [2.75, 3.05) is 13.7 Å². The van der Waals surface area contributed by atoms with Crippen LogP contribution in [0, 0.1) is 0 Å². The number of halogens is 1. The normalized spacial score (nSPS) is 22.7. The van der Waals surface area contributed by atoms with Crippen LogP contribution in [-0.4, -0.2) is 42.2 Å². The summed E-state index contributed by atoms with van der Waals surface area (Å²) in [6, 6.07) is 4.49. The number of carbonyl (C=O) groups excluding carboxylic acids is 2. The van der Waals surface area contributed by atoms with Crippen molar-refractivity contribution in [2.45, 2.75) is 25.1 Å². The van der Waals surface area contributed by atoms with Crippen molar-refractivity contribution in [3.63, 3.8) is 0 Å². The molecule has 132 valence electrons. The number of ether oxygens (including phenoxy) is 2. The van der Waals surface area contributed by atoms with E-state index in [4.69, 9.17) is 15.2 Å². The molecule has 7 nitrogen and oxygen atoms in total. The summed E-state index contributed by atoms with van der Waals surface area (Å²) in [5.41, 5.74) is 3.72. The van der Waals surface area contributed by atoms with Crippen molar-refractivity contribution < 1.29 is 23.5 Å². The molecule has 8 heteroatoms. The maximum absolute atomic E-state index is 13.9. The lowest BCUT2D eigenvalue weighted by Crippen LogP contribution is -2.33. The highest BCUT2D eigenvalue weighted by atomic mass is 19.1. The quantitative estimate of drug-likeness (QED) is 0.849. The van der Waals surface area contributed by atoms with E-state index in [1.54, 1.807) is 18.2 Å². The highest BCUT2D eigenvalue weighted by molar-refractivity contribution is 6.01. The van der Waals surface area contributed by atoms with Gasteiger partial charge in [0.2, 0.25) is 5.88 Å². The van der Waals surface area contributed by atoms with Gasteiger partial charge in [0.1, 0.15) is 12.4 Å². The molecule has 1 aromatic heterocycles. The van der Waals surface area contributed by atoms with Crippen molar-refractivity contribution in [2.24, 2.45) is 5.73 Å². The maximum Gasteiger partial charge on any atom is 0.257 e. The SMILES string of the molecule is COc1cc2c(OCC3CC(C)(F)C(=O)N3)nccc2cc1C(N)=O. The number of primary amides is 1. The molecule has 1 aromatic carbocycles. The number of fused-ring (bicyclic) bond motifs is 1. The fraction of sp³-hybridized carbons (Fsp3) is 0.353. The molecule has 1 saturated heterocycles. The van der Waals surface area contributed by atoms with E-state index in [1.807, 2.05) is 0 Å². The molecule has 0 saturated carbocycles. The molecular formula is C17H18FN3O4. The van der Waals surface area contributed by atoms with Gasteiger partial charge in [-0.2, -0.15) is 0 Å². The van der Waals surface area contributed by atoms with Crippen molar-refractivity contribution in [3.05, 3.63) is 30.0 Å². The lowest BCUT2D eigenvalue weighted by Gasteiger charge is -2.14. The van der Waals surface area contributed by atoms with E-state index >= 15 is 0 Å². The average molecular weight is 347 g/mol. The summed E-state index contributed by atoms with van der Waals surface area (Å²) >= 11 is 0. The first-order valence-corrected chi connectivity index (χ1v) is 7.71. The van der Waals surface area contributed by atoms with Gasteiger partial charge >= 0.3 is 0 Å². The third kappa shape index (κ3) is 3.19. The molecule has 1 aliphatic rings. The van der Waals surface area contributed by atoms with Crippen LogP contribution in [0.3, 0.4) is 0 Å². The number of rotatable bonds is 5. The number of nitrogens with two attached hydrogens (primary N) is 1. The molecule has 3 N–H and O–H groups in total. The van der Waals surface area contributed by atoms with Crippen LogP contribution in [0.25, 0.3) is 10.8 Å². The van der Waals surface area contributed by atoms with E-state index in [1.165, 1.54) is 20.2 Å². The van der Waals surface area contributed by atoms with Crippen molar-refractivity contribution in [1.82, 2.24) is 10.3 Å². The van der Waals surface area contributed by atoms with Crippen LogP contribution < -0.4 is 20.5 Å². The van der Waals surface area contributed by atoms with E-state index in [0.717, 1.165) is 0 Å². The van der Waals surface area contributed by atoms with E-state index in [2.05, 4.69) is 10.3 Å². The zero-order chi connectivity index (χ0) is 18.2. The van der Waals surface area contributed by atoms with Gasteiger partial charge in [-0.1, -0.05) is 0 Å². The summed E-state index contributed by atoms with van der Waals surface area (Å²) in [5.74, 6) is -0.634. The van der Waals surface area contributed by atoms with Gasteiger partial charge in [-0.05, 0) is 30.5 Å². The maximum atomic E-state index is 13.9. The first-order chi connectivity index (χ1) is 11.8. The first kappa shape index (κ1) is 16.9. The monoisotopic (exact) mass is 347 g/mol. The molecule has 1 fully saturated rings. The average Bonchev–Trinajstić information content (AvgIpc) is 2.83. The molecule has 2 amide bonds. The Bertz CT molecular complexity index is 853. The zero-order valence-corrected chi connectivity index (χ0v) is 13.8. The van der Waals surface area contributed by atoms with Crippen LogP contribution in [0.1, 0.15) is 23.7 Å². The Labute approximate surface area is 143 Å². The van der Waals surface area contributed by atoms with Gasteiger partial charge < -0.3 is 20.5 Å². The third-order valence-corrected chi connectivity index (χ3v) is 4.17. The lowest BCUT2D eigenvalue weighted by molar-refractivity contribution is -0.128. The number of nitrogens with one attached hydrogen (secondary N) is 1. The van der Waals surface area contributed by atoms with Gasteiger partial charge in [-0.15, -0.1) is 0 Å². The molecule has 0 spiro atoms.